The van der Waals surface area contributed by atoms with Crippen LogP contribution in [0.5, 0.6) is 0 Å². The second-order valence-electron chi connectivity index (χ2n) is 3.63. The molecule has 0 unspecified atom stereocenters. The average molecular weight is 704 g/mol. The number of hydrogen-bond acceptors (Lipinski definition) is 0. The Morgan fingerprint density at radius 1 is 0.593 bits per heavy atom. The summed E-state index contributed by atoms with van der Waals surface area (Å²) < 4.78 is 0. The van der Waals surface area contributed by atoms with Crippen molar-refractivity contribution in [3.63, 3.8) is 0 Å². The summed E-state index contributed by atoms with van der Waals surface area (Å²) in [5.41, 5.74) is 9.66. The minimum Gasteiger partial charge on any atom is -0.184 e. The summed E-state index contributed by atoms with van der Waals surface area (Å²) >= 11 is 0. The summed E-state index contributed by atoms with van der Waals surface area (Å²) in [7, 11) is 0. The fraction of sp³-hybridized carbons (Fsp3) is 0.320. The first-order valence-electron chi connectivity index (χ1n) is 8.85. The molecule has 2 aromatic rings. The largest absolute Gasteiger partial charge is 0.184 e. The topological polar surface area (TPSA) is 0 Å². The van der Waals surface area contributed by atoms with Crippen LogP contribution in [0.15, 0.2) is 78.9 Å². The van der Waals surface area contributed by atoms with Gasteiger partial charge >= 0.3 is 0 Å². The molecule has 0 saturated heterocycles. The maximum atomic E-state index is 3.21. The molecule has 0 saturated carbocycles. The maximum Gasteiger partial charge on any atom is 0 e. The van der Waals surface area contributed by atoms with E-state index in [1.54, 1.807) is 0 Å². The monoisotopic (exact) mass is 704 g/mol. The van der Waals surface area contributed by atoms with Crippen LogP contribution in [0, 0.1) is 26.0 Å². The van der Waals surface area contributed by atoms with E-state index in [1.165, 1.54) is 11.1 Å². The van der Waals surface area contributed by atoms with Crippen LogP contribution in [0.2, 0.25) is 0 Å². The zero-order valence-corrected chi connectivity index (χ0v) is 24.2. The molecule has 0 fully saturated rings. The normalized spacial score (nSPS) is 5.78. The summed E-state index contributed by atoms with van der Waals surface area (Å²) in [5, 5.41) is 0. The third-order valence-corrected chi connectivity index (χ3v) is 1.95. The molecule has 0 atom stereocenters. The van der Waals surface area contributed by atoms with E-state index in [0.29, 0.717) is 0 Å². The fourth-order valence-electron chi connectivity index (χ4n) is 1.00. The van der Waals surface area contributed by atoms with Crippen LogP contribution in [-0.2, 0) is 42.1 Å². The van der Waals surface area contributed by atoms with Crippen molar-refractivity contribution in [2.24, 2.45) is 0 Å². The van der Waals surface area contributed by atoms with Gasteiger partial charge in [-0.2, -0.15) is 71.8 Å². The van der Waals surface area contributed by atoms with Gasteiger partial charge in [-0.15, -0.1) is 0 Å². The van der Waals surface area contributed by atoms with Crippen molar-refractivity contribution in [3.8, 4) is 0 Å². The van der Waals surface area contributed by atoms with Crippen LogP contribution in [0.4, 0.5) is 0 Å². The van der Waals surface area contributed by atoms with Crippen LogP contribution in [-0.4, -0.2) is 0 Å². The second-order valence-corrected chi connectivity index (χ2v) is 3.63. The molecule has 0 aliphatic carbocycles. The van der Waals surface area contributed by atoms with E-state index >= 15 is 0 Å². The minimum absolute atomic E-state index is 0. The van der Waals surface area contributed by atoms with E-state index in [4.69, 9.17) is 0 Å². The predicted octanol–water partition coefficient (Wildman–Crippen LogP) is 7.93. The maximum absolute atomic E-state index is 3.21. The molecule has 0 aliphatic heterocycles. The van der Waals surface area contributed by atoms with Gasteiger partial charge in [-0.3, -0.25) is 0 Å². The molecule has 0 N–H and O–H groups in total. The van der Waals surface area contributed by atoms with Gasteiger partial charge in [0.05, 0.1) is 0 Å². The summed E-state index contributed by atoms with van der Waals surface area (Å²) in [5.74, 6) is 0. The van der Waals surface area contributed by atoms with Crippen molar-refractivity contribution >= 4 is 0 Å². The van der Waals surface area contributed by atoms with Gasteiger partial charge in [0, 0.05) is 42.1 Å². The quantitative estimate of drug-likeness (QED) is 0.193. The Balaban J connectivity index is -0.0000000526. The van der Waals surface area contributed by atoms with Crippen molar-refractivity contribution < 1.29 is 42.1 Å². The van der Waals surface area contributed by atoms with Crippen molar-refractivity contribution in [2.45, 2.75) is 55.4 Å². The standard InChI is InChI=1S/2C7H7.C5H4.3C2H6.2W/c2*1-7-5-3-2-4-6-7;1-3-5-4-2;3*1-2;;/h2*3-6H,1H3;1-2H2;3*1-2H3;;/q2*-1;;;;;;. The molecular weight excluding hydrogens is 668 g/mol. The molecule has 2 heteroatoms. The van der Waals surface area contributed by atoms with Crippen LogP contribution in [0.1, 0.15) is 52.7 Å². The molecule has 0 aliphatic rings. The van der Waals surface area contributed by atoms with Crippen molar-refractivity contribution in [3.05, 3.63) is 102 Å². The number of benzene rings is 2. The predicted molar refractivity (Wildman–Crippen MR) is 116 cm³/mol. The average Bonchev–Trinajstić information content (AvgIpc) is 2.69. The fourth-order valence-corrected chi connectivity index (χ4v) is 1.00. The first kappa shape index (κ1) is 40.5. The van der Waals surface area contributed by atoms with Gasteiger partial charge in [0.25, 0.3) is 0 Å². The third kappa shape index (κ3) is 45.7. The molecule has 150 valence electrons. The van der Waals surface area contributed by atoms with Gasteiger partial charge in [0.15, 0.2) is 0 Å². The Kier molecular flexibility index (Phi) is 66.7. The third-order valence-electron chi connectivity index (χ3n) is 1.95. The molecule has 0 amide bonds. The Morgan fingerprint density at radius 3 is 0.889 bits per heavy atom. The Morgan fingerprint density at radius 2 is 0.815 bits per heavy atom. The second kappa shape index (κ2) is 44.4. The molecule has 2 aromatic carbocycles. The van der Waals surface area contributed by atoms with Gasteiger partial charge in [-0.05, 0) is 18.9 Å². The smallest absolute Gasteiger partial charge is 0 e. The minimum atomic E-state index is 0. The van der Waals surface area contributed by atoms with Crippen LogP contribution >= 0.6 is 0 Å². The molecule has 0 bridgehead atoms. The SMILES string of the molecule is C=C=C=C=C.CC.CC.CC.Cc1cc[c-]cc1.Cc1cc[c-]cc1.[W].[W]. The molecule has 0 spiro atoms. The van der Waals surface area contributed by atoms with Gasteiger partial charge in [-0.1, -0.05) is 66.9 Å². The zero-order valence-electron chi connectivity index (χ0n) is 18.3. The summed E-state index contributed by atoms with van der Waals surface area (Å²) in [6.45, 7) is 22.6. The molecule has 0 nitrogen and oxygen atoms in total. The van der Waals surface area contributed by atoms with Crippen molar-refractivity contribution in [1.29, 1.82) is 0 Å². The van der Waals surface area contributed by atoms with E-state index in [0.717, 1.165) is 0 Å². The number of hydrogen-bond donors (Lipinski definition) is 0. The van der Waals surface area contributed by atoms with E-state index < -0.39 is 0 Å². The first-order chi connectivity index (χ1) is 12.2. The van der Waals surface area contributed by atoms with Gasteiger partial charge in [0.1, 0.15) is 0 Å². The van der Waals surface area contributed by atoms with Crippen LogP contribution in [0.25, 0.3) is 0 Å². The number of rotatable bonds is 0. The number of aryl methyl sites for hydroxylation is 2. The van der Waals surface area contributed by atoms with Crippen LogP contribution in [0.3, 0.4) is 0 Å². The molecule has 0 aromatic heterocycles. The summed E-state index contributed by atoms with van der Waals surface area (Å²) in [4.78, 5) is 0. The Bertz CT molecular complexity index is 494. The van der Waals surface area contributed by atoms with Crippen LogP contribution < -0.4 is 0 Å². The van der Waals surface area contributed by atoms with E-state index in [-0.39, 0.29) is 42.1 Å². The van der Waals surface area contributed by atoms with Gasteiger partial charge in [-0.25, -0.2) is 0 Å². The first-order valence-corrected chi connectivity index (χ1v) is 8.85. The van der Waals surface area contributed by atoms with Gasteiger partial charge in [0.2, 0.25) is 0 Å². The van der Waals surface area contributed by atoms with E-state index in [2.05, 4.69) is 56.3 Å². The molecular formula is C25H36W2-2. The Labute approximate surface area is 198 Å². The molecule has 0 radical (unpaired) electrons. The summed E-state index contributed by atoms with van der Waals surface area (Å²) in [6, 6.07) is 21.6. The summed E-state index contributed by atoms with van der Waals surface area (Å²) in [6.07, 6.45) is 0. The molecule has 0 heterocycles. The van der Waals surface area contributed by atoms with Gasteiger partial charge < -0.3 is 0 Å². The molecule has 27 heavy (non-hydrogen) atoms. The van der Waals surface area contributed by atoms with Crippen molar-refractivity contribution in [1.82, 2.24) is 0 Å². The van der Waals surface area contributed by atoms with E-state index in [1.807, 2.05) is 90.1 Å². The van der Waals surface area contributed by atoms with E-state index in [9.17, 15) is 0 Å². The van der Waals surface area contributed by atoms with Crippen molar-refractivity contribution in [2.75, 3.05) is 0 Å². The molecule has 2 rings (SSSR count). The zero-order chi connectivity index (χ0) is 20.3. The Hall–Kier alpha value is -1.10.